The van der Waals surface area contributed by atoms with Crippen LogP contribution in [0.3, 0.4) is 0 Å². The predicted octanol–water partition coefficient (Wildman–Crippen LogP) is 1.23. The number of halogens is 1. The number of anilines is 1. The number of benzene rings is 1. The van der Waals surface area contributed by atoms with Gasteiger partial charge in [0.1, 0.15) is 23.5 Å². The first kappa shape index (κ1) is 12.4. The van der Waals surface area contributed by atoms with Gasteiger partial charge in [0, 0.05) is 24.2 Å². The molecule has 0 aliphatic rings. The predicted molar refractivity (Wildman–Crippen MR) is 64.6 cm³/mol. The van der Waals surface area contributed by atoms with Crippen molar-refractivity contribution in [2.45, 2.75) is 6.10 Å². The van der Waals surface area contributed by atoms with Gasteiger partial charge in [0.05, 0.1) is 13.3 Å². The highest BCUT2D eigenvalue weighted by atomic mass is 19.1. The number of nitrogen functional groups attached to an aromatic ring is 1. The van der Waals surface area contributed by atoms with E-state index in [1.165, 1.54) is 30.1 Å². The summed E-state index contributed by atoms with van der Waals surface area (Å²) in [5.41, 5.74) is 6.25. The number of aryl methyl sites for hydroxylation is 1. The lowest BCUT2D eigenvalue weighted by Gasteiger charge is -2.12. The van der Waals surface area contributed by atoms with E-state index >= 15 is 0 Å². The van der Waals surface area contributed by atoms with Gasteiger partial charge in [0.2, 0.25) is 0 Å². The van der Waals surface area contributed by atoms with Crippen LogP contribution >= 0.6 is 0 Å². The minimum atomic E-state index is -1.15. The molecule has 2 rings (SSSR count). The molecular weight excluding hydrogens is 237 g/mol. The minimum Gasteiger partial charge on any atom is -0.497 e. The Hall–Kier alpha value is -2.08. The SMILES string of the molecule is COc1ccc(C(O)c2cnn(C)c2N)c(F)c1. The molecule has 0 bridgehead atoms. The molecule has 0 aliphatic carbocycles. The van der Waals surface area contributed by atoms with Gasteiger partial charge in [-0.1, -0.05) is 0 Å². The molecule has 3 N–H and O–H groups in total. The second-order valence-electron chi connectivity index (χ2n) is 3.90. The van der Waals surface area contributed by atoms with Crippen molar-refractivity contribution in [3.63, 3.8) is 0 Å². The number of hydrogen-bond acceptors (Lipinski definition) is 4. The Balaban J connectivity index is 2.40. The molecule has 0 saturated heterocycles. The monoisotopic (exact) mass is 251 g/mol. The van der Waals surface area contributed by atoms with Gasteiger partial charge < -0.3 is 15.6 Å². The summed E-state index contributed by atoms with van der Waals surface area (Å²) in [7, 11) is 3.10. The number of aromatic nitrogens is 2. The lowest BCUT2D eigenvalue weighted by molar-refractivity contribution is 0.215. The summed E-state index contributed by atoms with van der Waals surface area (Å²) in [6.45, 7) is 0. The van der Waals surface area contributed by atoms with E-state index in [0.717, 1.165) is 0 Å². The van der Waals surface area contributed by atoms with Crippen molar-refractivity contribution in [2.24, 2.45) is 7.05 Å². The molecule has 6 heteroatoms. The number of methoxy groups -OCH3 is 1. The van der Waals surface area contributed by atoms with Crippen LogP contribution < -0.4 is 10.5 Å². The van der Waals surface area contributed by atoms with E-state index in [2.05, 4.69) is 5.10 Å². The maximum Gasteiger partial charge on any atom is 0.133 e. The number of nitrogens with zero attached hydrogens (tertiary/aromatic N) is 2. The molecule has 0 saturated carbocycles. The lowest BCUT2D eigenvalue weighted by Crippen LogP contribution is -2.06. The van der Waals surface area contributed by atoms with Crippen LogP contribution in [0.2, 0.25) is 0 Å². The summed E-state index contributed by atoms with van der Waals surface area (Å²) in [6, 6.07) is 4.25. The van der Waals surface area contributed by atoms with Crippen molar-refractivity contribution in [3.8, 4) is 5.75 Å². The van der Waals surface area contributed by atoms with Crippen LogP contribution in [-0.2, 0) is 7.05 Å². The smallest absolute Gasteiger partial charge is 0.133 e. The molecule has 1 heterocycles. The molecule has 1 aromatic carbocycles. The summed E-state index contributed by atoms with van der Waals surface area (Å²) >= 11 is 0. The fourth-order valence-electron chi connectivity index (χ4n) is 1.70. The van der Waals surface area contributed by atoms with Crippen molar-refractivity contribution in [2.75, 3.05) is 12.8 Å². The standard InChI is InChI=1S/C12H14FN3O2/c1-16-12(14)9(6-15-16)11(17)8-4-3-7(18-2)5-10(8)13/h3-6,11,17H,14H2,1-2H3. The molecule has 2 aromatic rings. The number of hydrogen-bond donors (Lipinski definition) is 2. The second-order valence-corrected chi connectivity index (χ2v) is 3.90. The first-order valence-electron chi connectivity index (χ1n) is 5.33. The molecule has 0 radical (unpaired) electrons. The van der Waals surface area contributed by atoms with Crippen LogP contribution in [0.4, 0.5) is 10.2 Å². The van der Waals surface area contributed by atoms with E-state index in [0.29, 0.717) is 17.1 Å². The highest BCUT2D eigenvalue weighted by Gasteiger charge is 2.20. The van der Waals surface area contributed by atoms with Crippen molar-refractivity contribution in [1.82, 2.24) is 9.78 Å². The van der Waals surface area contributed by atoms with Crippen LogP contribution in [0, 0.1) is 5.82 Å². The average molecular weight is 251 g/mol. The zero-order valence-corrected chi connectivity index (χ0v) is 10.1. The van der Waals surface area contributed by atoms with Crippen LogP contribution in [0.1, 0.15) is 17.2 Å². The molecule has 1 atom stereocenters. The summed E-state index contributed by atoms with van der Waals surface area (Å²) in [6.07, 6.45) is 0.272. The highest BCUT2D eigenvalue weighted by Crippen LogP contribution is 2.29. The van der Waals surface area contributed by atoms with Gasteiger partial charge in [0.15, 0.2) is 0 Å². The second kappa shape index (κ2) is 4.66. The fourth-order valence-corrected chi connectivity index (χ4v) is 1.70. The largest absolute Gasteiger partial charge is 0.497 e. The third-order valence-corrected chi connectivity index (χ3v) is 2.81. The quantitative estimate of drug-likeness (QED) is 0.860. The van der Waals surface area contributed by atoms with Crippen molar-refractivity contribution >= 4 is 5.82 Å². The summed E-state index contributed by atoms with van der Waals surface area (Å²) in [4.78, 5) is 0. The zero-order valence-electron chi connectivity index (χ0n) is 10.1. The number of nitrogens with two attached hydrogens (primary N) is 1. The van der Waals surface area contributed by atoms with E-state index in [1.807, 2.05) is 0 Å². The Bertz CT molecular complexity index is 568. The zero-order chi connectivity index (χ0) is 13.3. The molecule has 96 valence electrons. The first-order chi connectivity index (χ1) is 8.54. The maximum atomic E-state index is 13.8. The Labute approximate surface area is 104 Å². The highest BCUT2D eigenvalue weighted by molar-refractivity contribution is 5.45. The van der Waals surface area contributed by atoms with Gasteiger partial charge in [-0.2, -0.15) is 5.10 Å². The van der Waals surface area contributed by atoms with Crippen molar-refractivity contribution in [1.29, 1.82) is 0 Å². The minimum absolute atomic E-state index is 0.135. The molecular formula is C12H14FN3O2. The van der Waals surface area contributed by atoms with Crippen molar-refractivity contribution in [3.05, 3.63) is 41.3 Å². The van der Waals surface area contributed by atoms with E-state index in [4.69, 9.17) is 10.5 Å². The Morgan fingerprint density at radius 3 is 2.67 bits per heavy atom. The van der Waals surface area contributed by atoms with Gasteiger partial charge >= 0.3 is 0 Å². The van der Waals surface area contributed by atoms with Gasteiger partial charge in [-0.15, -0.1) is 0 Å². The van der Waals surface area contributed by atoms with Crippen LogP contribution in [-0.4, -0.2) is 22.0 Å². The molecule has 1 unspecified atom stereocenters. The normalized spacial score (nSPS) is 12.4. The average Bonchev–Trinajstić information content (AvgIpc) is 2.69. The topological polar surface area (TPSA) is 73.3 Å². The molecule has 0 fully saturated rings. The Morgan fingerprint density at radius 1 is 1.44 bits per heavy atom. The van der Waals surface area contributed by atoms with E-state index in [1.54, 1.807) is 13.1 Å². The van der Waals surface area contributed by atoms with Gasteiger partial charge in [-0.05, 0) is 12.1 Å². The third kappa shape index (κ3) is 2.02. The maximum absolute atomic E-state index is 13.8. The fraction of sp³-hybridized carbons (Fsp3) is 0.250. The number of ether oxygens (including phenoxy) is 1. The number of aliphatic hydroxyl groups excluding tert-OH is 1. The summed E-state index contributed by atoms with van der Waals surface area (Å²) < 4.78 is 20.1. The number of rotatable bonds is 3. The third-order valence-electron chi connectivity index (χ3n) is 2.81. The summed E-state index contributed by atoms with van der Waals surface area (Å²) in [5.74, 6) is 0.144. The Kier molecular flexibility index (Phi) is 3.20. The molecule has 0 spiro atoms. The van der Waals surface area contributed by atoms with Crippen molar-refractivity contribution < 1.29 is 14.2 Å². The molecule has 0 amide bonds. The van der Waals surface area contributed by atoms with E-state index < -0.39 is 11.9 Å². The molecule has 5 nitrogen and oxygen atoms in total. The van der Waals surface area contributed by atoms with Crippen LogP contribution in [0.5, 0.6) is 5.75 Å². The van der Waals surface area contributed by atoms with Crippen LogP contribution in [0.25, 0.3) is 0 Å². The van der Waals surface area contributed by atoms with E-state index in [9.17, 15) is 9.50 Å². The molecule has 18 heavy (non-hydrogen) atoms. The van der Waals surface area contributed by atoms with Gasteiger partial charge in [0.25, 0.3) is 0 Å². The summed E-state index contributed by atoms with van der Waals surface area (Å²) in [5, 5.41) is 14.0. The lowest BCUT2D eigenvalue weighted by atomic mass is 10.0. The van der Waals surface area contributed by atoms with Gasteiger partial charge in [-0.3, -0.25) is 4.68 Å². The number of aliphatic hydroxyl groups is 1. The Morgan fingerprint density at radius 2 is 2.17 bits per heavy atom. The molecule has 1 aromatic heterocycles. The molecule has 0 aliphatic heterocycles. The van der Waals surface area contributed by atoms with E-state index in [-0.39, 0.29) is 5.56 Å². The first-order valence-corrected chi connectivity index (χ1v) is 5.33. The van der Waals surface area contributed by atoms with Gasteiger partial charge in [-0.25, -0.2) is 4.39 Å². The van der Waals surface area contributed by atoms with Crippen LogP contribution in [0.15, 0.2) is 24.4 Å².